The van der Waals surface area contributed by atoms with E-state index in [0.29, 0.717) is 6.71 Å². The first-order valence-corrected chi connectivity index (χ1v) is 9.65. The summed E-state index contributed by atoms with van der Waals surface area (Å²) in [5, 5.41) is 0. The molecule has 0 saturated heterocycles. The highest BCUT2D eigenvalue weighted by atomic mass is 14.9. The lowest BCUT2D eigenvalue weighted by molar-refractivity contribution is 0.553. The van der Waals surface area contributed by atoms with Gasteiger partial charge in [0, 0.05) is 11.9 Å². The summed E-state index contributed by atoms with van der Waals surface area (Å²) >= 11 is 0. The predicted octanol–water partition coefficient (Wildman–Crippen LogP) is 4.62. The number of benzene rings is 2. The molecule has 2 aromatic carbocycles. The van der Waals surface area contributed by atoms with E-state index in [1.165, 1.54) is 35.0 Å². The number of aryl methyl sites for hydroxylation is 2. The van der Waals surface area contributed by atoms with Gasteiger partial charge in [0.2, 0.25) is 6.71 Å². The topological polar surface area (TPSA) is 28.7 Å². The highest BCUT2D eigenvalue weighted by Gasteiger charge is 2.11. The first kappa shape index (κ1) is 20.0. The Kier molecular flexibility index (Phi) is 8.20. The fourth-order valence-corrected chi connectivity index (χ4v) is 2.91. The van der Waals surface area contributed by atoms with Crippen LogP contribution in [0.1, 0.15) is 37.9 Å². The molecule has 26 heavy (non-hydrogen) atoms. The average Bonchev–Trinajstić information content (AvgIpc) is 3.16. The highest BCUT2D eigenvalue weighted by Crippen LogP contribution is 2.07. The third kappa shape index (κ3) is 6.91. The molecule has 0 aliphatic heterocycles. The van der Waals surface area contributed by atoms with Crippen LogP contribution >= 0.6 is 0 Å². The Hall–Kier alpha value is -2.29. The zero-order valence-corrected chi connectivity index (χ0v) is 16.6. The zero-order valence-electron chi connectivity index (χ0n) is 16.6. The molecule has 0 aliphatic carbocycles. The van der Waals surface area contributed by atoms with E-state index in [1.807, 2.05) is 6.20 Å². The van der Waals surface area contributed by atoms with Gasteiger partial charge in [-0.05, 0) is 25.7 Å². The van der Waals surface area contributed by atoms with Crippen LogP contribution in [-0.4, -0.2) is 16.7 Å². The maximum absolute atomic E-state index is 3.96. The van der Waals surface area contributed by atoms with Crippen molar-refractivity contribution in [3.05, 3.63) is 78.4 Å². The van der Waals surface area contributed by atoms with Crippen LogP contribution in [-0.2, 0) is 6.42 Å². The molecule has 0 saturated carbocycles. The second kappa shape index (κ2) is 10.6. The molecule has 1 heterocycles. The number of nitrogens with zero attached hydrogens (tertiary/aromatic N) is 1. The van der Waals surface area contributed by atoms with Crippen molar-refractivity contribution in [3.63, 3.8) is 0 Å². The minimum absolute atomic E-state index is 0.479. The molecule has 136 valence electrons. The van der Waals surface area contributed by atoms with Crippen LogP contribution < -0.4 is 10.9 Å². The van der Waals surface area contributed by atoms with Gasteiger partial charge < -0.3 is 4.98 Å². The molecule has 3 rings (SSSR count). The number of hydrogen-bond acceptors (Lipinski definition) is 1. The van der Waals surface area contributed by atoms with Crippen LogP contribution in [0.15, 0.2) is 67.1 Å². The monoisotopic (exact) mass is 346 g/mol. The maximum atomic E-state index is 3.96. The first-order chi connectivity index (χ1) is 12.6. The summed E-state index contributed by atoms with van der Waals surface area (Å²) in [6.07, 6.45) is 7.35. The van der Waals surface area contributed by atoms with Gasteiger partial charge >= 0.3 is 0 Å². The molecule has 0 radical (unpaired) electrons. The van der Waals surface area contributed by atoms with E-state index in [1.54, 1.807) is 6.33 Å². The van der Waals surface area contributed by atoms with Crippen molar-refractivity contribution in [2.45, 2.75) is 46.9 Å². The summed E-state index contributed by atoms with van der Waals surface area (Å²) in [6, 6.07) is 19.4. The second-order valence-corrected chi connectivity index (χ2v) is 7.41. The molecule has 0 unspecified atom stereocenters. The average molecular weight is 346 g/mol. The Morgan fingerprint density at radius 1 is 0.962 bits per heavy atom. The minimum Gasteiger partial charge on any atom is -0.348 e. The van der Waals surface area contributed by atoms with Gasteiger partial charge in [-0.15, -0.1) is 0 Å². The van der Waals surface area contributed by atoms with Crippen molar-refractivity contribution in [3.8, 4) is 0 Å². The molecule has 0 spiro atoms. The van der Waals surface area contributed by atoms with E-state index < -0.39 is 0 Å². The van der Waals surface area contributed by atoms with Crippen LogP contribution in [0.5, 0.6) is 0 Å². The summed E-state index contributed by atoms with van der Waals surface area (Å²) in [7, 11) is 0. The summed E-state index contributed by atoms with van der Waals surface area (Å²) in [6.45, 7) is 9.36. The highest BCUT2D eigenvalue weighted by molar-refractivity contribution is 6.84. The third-order valence-corrected chi connectivity index (χ3v) is 4.66. The van der Waals surface area contributed by atoms with Crippen molar-refractivity contribution >= 4 is 17.6 Å². The Balaban J connectivity index is 0.000000197. The van der Waals surface area contributed by atoms with Crippen LogP contribution in [0, 0.1) is 12.8 Å². The largest absolute Gasteiger partial charge is 0.348 e. The Bertz CT molecular complexity index is 719. The lowest BCUT2D eigenvalue weighted by Crippen LogP contribution is -2.38. The van der Waals surface area contributed by atoms with Gasteiger partial charge in [-0.25, -0.2) is 4.98 Å². The number of aromatic nitrogens is 2. The van der Waals surface area contributed by atoms with Crippen LogP contribution in [0.2, 0.25) is 6.82 Å². The van der Waals surface area contributed by atoms with Gasteiger partial charge in [0.25, 0.3) is 0 Å². The lowest BCUT2D eigenvalue weighted by atomic mass is 9.42. The number of imidazole rings is 1. The molecule has 3 heteroatoms. The normalized spacial score (nSPS) is 10.3. The van der Waals surface area contributed by atoms with E-state index in [0.717, 1.165) is 12.3 Å². The summed E-state index contributed by atoms with van der Waals surface area (Å²) in [5.74, 6) is 0.818. The van der Waals surface area contributed by atoms with Gasteiger partial charge in [-0.1, -0.05) is 98.2 Å². The number of aromatic amines is 1. The zero-order chi connectivity index (χ0) is 18.8. The van der Waals surface area contributed by atoms with Gasteiger partial charge in [0.15, 0.2) is 0 Å². The first-order valence-electron chi connectivity index (χ1n) is 9.65. The van der Waals surface area contributed by atoms with Gasteiger partial charge in [-0.3, -0.25) is 0 Å². The number of H-pyrrole nitrogens is 1. The van der Waals surface area contributed by atoms with Gasteiger partial charge in [-0.2, -0.15) is 0 Å². The van der Waals surface area contributed by atoms with E-state index in [-0.39, 0.29) is 0 Å². The predicted molar refractivity (Wildman–Crippen MR) is 115 cm³/mol. The Morgan fingerprint density at radius 3 is 2.19 bits per heavy atom. The molecule has 3 aromatic rings. The van der Waals surface area contributed by atoms with Gasteiger partial charge in [0.05, 0.1) is 6.33 Å². The summed E-state index contributed by atoms with van der Waals surface area (Å²) in [4.78, 5) is 7.06. The molecule has 0 amide bonds. The third-order valence-electron chi connectivity index (χ3n) is 4.66. The number of rotatable bonds is 6. The quantitative estimate of drug-likeness (QED) is 0.648. The van der Waals surface area contributed by atoms with Crippen molar-refractivity contribution < 1.29 is 0 Å². The van der Waals surface area contributed by atoms with Crippen molar-refractivity contribution in [1.82, 2.24) is 9.97 Å². The Morgan fingerprint density at radius 2 is 1.62 bits per heavy atom. The van der Waals surface area contributed by atoms with Crippen LogP contribution in [0.3, 0.4) is 0 Å². The van der Waals surface area contributed by atoms with Crippen LogP contribution in [0.4, 0.5) is 0 Å². The number of nitrogens with one attached hydrogen (secondary N) is 1. The molecule has 0 atom stereocenters. The molecule has 1 N–H and O–H groups in total. The minimum atomic E-state index is 0.479. The van der Waals surface area contributed by atoms with Crippen molar-refractivity contribution in [1.29, 1.82) is 0 Å². The lowest BCUT2D eigenvalue weighted by Gasteiger charge is -2.08. The SMILES string of the molecule is CB(c1ccccc1)c1ccc(C)cc1.CC(C)CCCc1cnc[nH]1. The second-order valence-electron chi connectivity index (χ2n) is 7.41. The molecule has 0 bridgehead atoms. The molecule has 0 fully saturated rings. The van der Waals surface area contributed by atoms with Crippen molar-refractivity contribution in [2.24, 2.45) is 5.92 Å². The molecular formula is C23H31BN2. The molecule has 0 aliphatic rings. The fraction of sp³-hybridized carbons (Fsp3) is 0.348. The van der Waals surface area contributed by atoms with E-state index in [4.69, 9.17) is 0 Å². The molecular weight excluding hydrogens is 315 g/mol. The maximum Gasteiger partial charge on any atom is 0.206 e. The molecule has 1 aromatic heterocycles. The molecule has 2 nitrogen and oxygen atoms in total. The number of hydrogen-bond donors (Lipinski definition) is 1. The van der Waals surface area contributed by atoms with Gasteiger partial charge in [0.1, 0.15) is 0 Å². The Labute approximate surface area is 159 Å². The van der Waals surface area contributed by atoms with Crippen LogP contribution in [0.25, 0.3) is 0 Å². The standard InChI is InChI=1S/C14H15B.C9H16N2/c1-12-8-10-14(11-9-12)15(2)13-6-4-3-5-7-13;1-8(2)4-3-5-9-6-10-7-11-9/h3-11H,1-2H3;6-8H,3-5H2,1-2H3,(H,10,11). The summed E-state index contributed by atoms with van der Waals surface area (Å²) in [5.41, 5.74) is 5.33. The fourth-order valence-electron chi connectivity index (χ4n) is 2.91. The van der Waals surface area contributed by atoms with Crippen molar-refractivity contribution in [2.75, 3.05) is 0 Å². The van der Waals surface area contributed by atoms with E-state index >= 15 is 0 Å². The summed E-state index contributed by atoms with van der Waals surface area (Å²) < 4.78 is 0. The smallest absolute Gasteiger partial charge is 0.206 e. The van der Waals surface area contributed by atoms with E-state index in [2.05, 4.69) is 92.2 Å². The van der Waals surface area contributed by atoms with E-state index in [9.17, 15) is 0 Å².